The van der Waals surface area contributed by atoms with Crippen LogP contribution < -0.4 is 10.1 Å². The maximum absolute atomic E-state index is 5.86. The molecule has 0 saturated carbocycles. The topological polar surface area (TPSA) is 39.7 Å². The summed E-state index contributed by atoms with van der Waals surface area (Å²) in [5.41, 5.74) is 1.18. The number of methoxy groups -OCH3 is 1. The number of benzene rings is 1. The van der Waals surface area contributed by atoms with Gasteiger partial charge in [0.15, 0.2) is 0 Å². The van der Waals surface area contributed by atoms with E-state index in [1.165, 1.54) is 5.56 Å². The Balaban J connectivity index is 1.82. The molecule has 118 valence electrons. The zero-order valence-electron chi connectivity index (χ0n) is 12.7. The first-order valence-electron chi connectivity index (χ1n) is 7.45. The first-order valence-corrected chi connectivity index (χ1v) is 8.24. The van der Waals surface area contributed by atoms with Crippen LogP contribution in [0.2, 0.25) is 0 Å². The predicted octanol–water partition coefficient (Wildman–Crippen LogP) is 3.13. The first-order chi connectivity index (χ1) is 10.2. The molecule has 1 aliphatic heterocycles. The van der Waals surface area contributed by atoms with Crippen molar-refractivity contribution >= 4 is 15.9 Å². The summed E-state index contributed by atoms with van der Waals surface area (Å²) in [7, 11) is 1.71. The van der Waals surface area contributed by atoms with Crippen LogP contribution in [-0.2, 0) is 16.0 Å². The molecule has 0 bridgehead atoms. The summed E-state index contributed by atoms with van der Waals surface area (Å²) in [4.78, 5) is 0. The van der Waals surface area contributed by atoms with Gasteiger partial charge in [0.25, 0.3) is 0 Å². The number of hydrogen-bond acceptors (Lipinski definition) is 4. The molecular formula is C16H24BrNO3. The van der Waals surface area contributed by atoms with Crippen molar-refractivity contribution in [3.05, 3.63) is 28.2 Å². The minimum atomic E-state index is 0.229. The van der Waals surface area contributed by atoms with Crippen LogP contribution in [0.3, 0.4) is 0 Å². The van der Waals surface area contributed by atoms with Crippen molar-refractivity contribution in [2.75, 3.05) is 26.9 Å². The quantitative estimate of drug-likeness (QED) is 0.725. The summed E-state index contributed by atoms with van der Waals surface area (Å²) >= 11 is 3.57. The Morgan fingerprint density at radius 1 is 1.38 bits per heavy atom. The van der Waals surface area contributed by atoms with E-state index in [4.69, 9.17) is 14.2 Å². The molecular weight excluding hydrogens is 334 g/mol. The van der Waals surface area contributed by atoms with Crippen molar-refractivity contribution in [3.8, 4) is 5.75 Å². The van der Waals surface area contributed by atoms with Crippen molar-refractivity contribution in [2.24, 2.45) is 0 Å². The highest BCUT2D eigenvalue weighted by atomic mass is 79.9. The maximum atomic E-state index is 5.86. The van der Waals surface area contributed by atoms with Crippen molar-refractivity contribution in [1.82, 2.24) is 5.32 Å². The molecule has 2 rings (SSSR count). The lowest BCUT2D eigenvalue weighted by Crippen LogP contribution is -2.19. The van der Waals surface area contributed by atoms with Gasteiger partial charge >= 0.3 is 0 Å². The fourth-order valence-electron chi connectivity index (χ4n) is 2.37. The molecule has 0 spiro atoms. The minimum absolute atomic E-state index is 0.229. The van der Waals surface area contributed by atoms with Gasteiger partial charge < -0.3 is 19.5 Å². The zero-order chi connectivity index (χ0) is 15.1. The average molecular weight is 358 g/mol. The van der Waals surface area contributed by atoms with Crippen LogP contribution in [0.25, 0.3) is 0 Å². The van der Waals surface area contributed by atoms with Crippen LogP contribution in [0.1, 0.15) is 25.3 Å². The van der Waals surface area contributed by atoms with Crippen LogP contribution in [0.5, 0.6) is 5.75 Å². The van der Waals surface area contributed by atoms with E-state index < -0.39 is 0 Å². The van der Waals surface area contributed by atoms with Crippen LogP contribution >= 0.6 is 15.9 Å². The monoisotopic (exact) mass is 357 g/mol. The molecule has 1 aromatic rings. The van der Waals surface area contributed by atoms with Gasteiger partial charge in [0, 0.05) is 24.7 Å². The highest BCUT2D eigenvalue weighted by Crippen LogP contribution is 2.24. The number of ether oxygens (including phenoxy) is 3. The predicted molar refractivity (Wildman–Crippen MR) is 86.8 cm³/mol. The molecule has 2 unspecified atom stereocenters. The third-order valence-electron chi connectivity index (χ3n) is 3.57. The first kappa shape index (κ1) is 16.7. The second-order valence-corrected chi connectivity index (χ2v) is 6.23. The highest BCUT2D eigenvalue weighted by molar-refractivity contribution is 9.10. The van der Waals surface area contributed by atoms with E-state index >= 15 is 0 Å². The standard InChI is InChI=1S/C16H24BrNO3/c1-12-3-4-15(21-12)11-20-14-5-6-16(17)13(9-14)10-18-7-8-19-2/h5-6,9,12,15,18H,3-4,7-8,10-11H2,1-2H3. The van der Waals surface area contributed by atoms with E-state index in [0.717, 1.165) is 36.2 Å². The zero-order valence-corrected chi connectivity index (χ0v) is 14.3. The Morgan fingerprint density at radius 2 is 2.24 bits per heavy atom. The largest absolute Gasteiger partial charge is 0.491 e. The molecule has 1 aliphatic rings. The summed E-state index contributed by atoms with van der Waals surface area (Å²) in [6, 6.07) is 6.09. The summed E-state index contributed by atoms with van der Waals surface area (Å²) < 4.78 is 17.7. The Labute approximate surface area is 135 Å². The summed E-state index contributed by atoms with van der Waals surface area (Å²) in [5.74, 6) is 0.893. The Hall–Kier alpha value is -0.620. The maximum Gasteiger partial charge on any atom is 0.119 e. The molecule has 0 radical (unpaired) electrons. The van der Waals surface area contributed by atoms with Crippen molar-refractivity contribution in [1.29, 1.82) is 0 Å². The van der Waals surface area contributed by atoms with Gasteiger partial charge in [-0.1, -0.05) is 15.9 Å². The molecule has 5 heteroatoms. The molecule has 2 atom stereocenters. The number of nitrogens with one attached hydrogen (secondary N) is 1. The Bertz CT molecular complexity index is 442. The molecule has 4 nitrogen and oxygen atoms in total. The lowest BCUT2D eigenvalue weighted by molar-refractivity contribution is 0.0264. The molecule has 0 aliphatic carbocycles. The fourth-order valence-corrected chi connectivity index (χ4v) is 2.76. The van der Waals surface area contributed by atoms with Gasteiger partial charge in [-0.25, -0.2) is 0 Å². The average Bonchev–Trinajstić information content (AvgIpc) is 2.89. The molecule has 0 amide bonds. The van der Waals surface area contributed by atoms with Gasteiger partial charge in [0.05, 0.1) is 18.8 Å². The Kier molecular flexibility index (Phi) is 6.96. The normalized spacial score (nSPS) is 21.7. The summed E-state index contributed by atoms with van der Waals surface area (Å²) in [6.07, 6.45) is 2.81. The van der Waals surface area contributed by atoms with Crippen LogP contribution in [0.15, 0.2) is 22.7 Å². The smallest absolute Gasteiger partial charge is 0.119 e. The summed E-state index contributed by atoms with van der Waals surface area (Å²) in [5, 5.41) is 3.34. The molecule has 1 aromatic carbocycles. The molecule has 1 fully saturated rings. The molecule has 21 heavy (non-hydrogen) atoms. The van der Waals surface area contributed by atoms with Gasteiger partial charge in [-0.15, -0.1) is 0 Å². The number of halogens is 1. The van der Waals surface area contributed by atoms with E-state index in [1.807, 2.05) is 12.1 Å². The molecule has 1 N–H and O–H groups in total. The van der Waals surface area contributed by atoms with Crippen LogP contribution in [0.4, 0.5) is 0 Å². The number of rotatable bonds is 8. The molecule has 0 aromatic heterocycles. The molecule has 1 saturated heterocycles. The SMILES string of the molecule is COCCNCc1cc(OCC2CCC(C)O2)ccc1Br. The van der Waals surface area contributed by atoms with Gasteiger partial charge in [-0.2, -0.15) is 0 Å². The lowest BCUT2D eigenvalue weighted by Gasteiger charge is -2.14. The van der Waals surface area contributed by atoms with Crippen molar-refractivity contribution in [3.63, 3.8) is 0 Å². The van der Waals surface area contributed by atoms with E-state index in [1.54, 1.807) is 7.11 Å². The van der Waals surface area contributed by atoms with Crippen LogP contribution in [0, 0.1) is 0 Å². The lowest BCUT2D eigenvalue weighted by atomic mass is 10.2. The van der Waals surface area contributed by atoms with E-state index in [0.29, 0.717) is 19.3 Å². The van der Waals surface area contributed by atoms with E-state index in [9.17, 15) is 0 Å². The third kappa shape index (κ3) is 5.58. The third-order valence-corrected chi connectivity index (χ3v) is 4.35. The second kappa shape index (κ2) is 8.73. The summed E-state index contributed by atoms with van der Waals surface area (Å²) in [6.45, 7) is 5.08. The Morgan fingerprint density at radius 3 is 2.95 bits per heavy atom. The highest BCUT2D eigenvalue weighted by Gasteiger charge is 2.22. The van der Waals surface area contributed by atoms with Gasteiger partial charge in [-0.05, 0) is 43.5 Å². The minimum Gasteiger partial charge on any atom is -0.491 e. The van der Waals surface area contributed by atoms with Gasteiger partial charge in [-0.3, -0.25) is 0 Å². The van der Waals surface area contributed by atoms with E-state index in [2.05, 4.69) is 34.2 Å². The van der Waals surface area contributed by atoms with Crippen molar-refractivity contribution < 1.29 is 14.2 Å². The van der Waals surface area contributed by atoms with Gasteiger partial charge in [0.2, 0.25) is 0 Å². The fraction of sp³-hybridized carbons (Fsp3) is 0.625. The van der Waals surface area contributed by atoms with Crippen molar-refractivity contribution in [2.45, 2.75) is 38.5 Å². The van der Waals surface area contributed by atoms with E-state index in [-0.39, 0.29) is 6.10 Å². The van der Waals surface area contributed by atoms with Gasteiger partial charge in [0.1, 0.15) is 12.4 Å². The second-order valence-electron chi connectivity index (χ2n) is 5.38. The number of hydrogen-bond donors (Lipinski definition) is 1. The van der Waals surface area contributed by atoms with Crippen LogP contribution in [-0.4, -0.2) is 39.1 Å². The molecule has 1 heterocycles.